The number of methoxy groups -OCH3 is 2. The van der Waals surface area contributed by atoms with E-state index in [1.807, 2.05) is 29.6 Å². The van der Waals surface area contributed by atoms with Gasteiger partial charge in [-0.05, 0) is 42.0 Å². The maximum Gasteiger partial charge on any atom is 0.337 e. The third-order valence-corrected chi connectivity index (χ3v) is 4.77. The first-order valence-corrected chi connectivity index (χ1v) is 8.46. The zero-order chi connectivity index (χ0) is 17.5. The molecule has 0 amide bonds. The van der Waals surface area contributed by atoms with Crippen molar-refractivity contribution in [2.24, 2.45) is 11.7 Å². The van der Waals surface area contributed by atoms with Gasteiger partial charge in [-0.1, -0.05) is 18.2 Å². The Morgan fingerprint density at radius 1 is 1.08 bits per heavy atom. The van der Waals surface area contributed by atoms with E-state index in [0.717, 1.165) is 10.4 Å². The van der Waals surface area contributed by atoms with E-state index in [0.29, 0.717) is 18.4 Å². The van der Waals surface area contributed by atoms with E-state index < -0.39 is 5.92 Å². The van der Waals surface area contributed by atoms with E-state index in [1.54, 1.807) is 23.5 Å². The second-order valence-electron chi connectivity index (χ2n) is 5.47. The van der Waals surface area contributed by atoms with Crippen molar-refractivity contribution in [3.8, 4) is 0 Å². The Morgan fingerprint density at radius 2 is 1.79 bits per heavy atom. The highest BCUT2D eigenvalue weighted by atomic mass is 32.1. The maximum absolute atomic E-state index is 12.1. The molecule has 1 aromatic heterocycles. The summed E-state index contributed by atoms with van der Waals surface area (Å²) >= 11 is 1.60. The number of carbonyl (C=O) groups is 2. The fourth-order valence-corrected chi connectivity index (χ4v) is 3.28. The van der Waals surface area contributed by atoms with E-state index in [9.17, 15) is 9.59 Å². The first-order chi connectivity index (χ1) is 11.5. The molecule has 2 aromatic rings. The molecule has 2 rings (SSSR count). The van der Waals surface area contributed by atoms with Crippen molar-refractivity contribution >= 4 is 23.3 Å². The molecule has 6 heteroatoms. The predicted octanol–water partition coefficient (Wildman–Crippen LogP) is 2.44. The van der Waals surface area contributed by atoms with Crippen LogP contribution in [0.3, 0.4) is 0 Å². The lowest BCUT2D eigenvalue weighted by molar-refractivity contribution is -0.146. The zero-order valence-corrected chi connectivity index (χ0v) is 14.5. The molecule has 2 atom stereocenters. The average Bonchev–Trinajstić information content (AvgIpc) is 3.12. The lowest BCUT2D eigenvalue weighted by atomic mass is 9.91. The molecule has 2 N–H and O–H groups in total. The summed E-state index contributed by atoms with van der Waals surface area (Å²) in [4.78, 5) is 24.6. The van der Waals surface area contributed by atoms with Crippen molar-refractivity contribution in [2.45, 2.75) is 18.9 Å². The summed E-state index contributed by atoms with van der Waals surface area (Å²) in [5.41, 5.74) is 7.72. The van der Waals surface area contributed by atoms with Crippen molar-refractivity contribution in [3.63, 3.8) is 0 Å². The molecular formula is C18H21NO4S. The summed E-state index contributed by atoms with van der Waals surface area (Å²) in [6.07, 6.45) is 1.08. The third kappa shape index (κ3) is 4.66. The van der Waals surface area contributed by atoms with E-state index in [1.165, 1.54) is 14.2 Å². The van der Waals surface area contributed by atoms with Crippen LogP contribution >= 0.6 is 11.3 Å². The Balaban J connectivity index is 2.07. The molecular weight excluding hydrogens is 326 g/mol. The number of thiophene rings is 1. The van der Waals surface area contributed by atoms with Crippen molar-refractivity contribution in [3.05, 3.63) is 57.8 Å². The number of esters is 2. The van der Waals surface area contributed by atoms with Crippen LogP contribution in [0.15, 0.2) is 41.8 Å². The van der Waals surface area contributed by atoms with Crippen molar-refractivity contribution in [1.82, 2.24) is 0 Å². The minimum absolute atomic E-state index is 0.304. The molecule has 0 aliphatic carbocycles. The van der Waals surface area contributed by atoms with Gasteiger partial charge in [-0.2, -0.15) is 0 Å². The van der Waals surface area contributed by atoms with Gasteiger partial charge < -0.3 is 15.2 Å². The van der Waals surface area contributed by atoms with Crippen LogP contribution in [0, 0.1) is 5.92 Å². The van der Waals surface area contributed by atoms with Gasteiger partial charge in [-0.25, -0.2) is 4.79 Å². The van der Waals surface area contributed by atoms with Gasteiger partial charge in [0.2, 0.25) is 0 Å². The molecule has 2 unspecified atom stereocenters. The molecule has 0 aliphatic rings. The highest BCUT2D eigenvalue weighted by Crippen LogP contribution is 2.20. The molecule has 1 aromatic carbocycles. The van der Waals surface area contributed by atoms with Crippen LogP contribution in [0.25, 0.3) is 0 Å². The van der Waals surface area contributed by atoms with Gasteiger partial charge in [-0.3, -0.25) is 4.79 Å². The minimum atomic E-state index is -0.408. The predicted molar refractivity (Wildman–Crippen MR) is 93.0 cm³/mol. The zero-order valence-electron chi connectivity index (χ0n) is 13.7. The van der Waals surface area contributed by atoms with Crippen LogP contribution in [-0.4, -0.2) is 32.2 Å². The molecule has 5 nitrogen and oxygen atoms in total. The quantitative estimate of drug-likeness (QED) is 0.778. The molecule has 128 valence electrons. The maximum atomic E-state index is 12.1. The van der Waals surface area contributed by atoms with Crippen LogP contribution in [0.5, 0.6) is 0 Å². The number of nitrogens with two attached hydrogens (primary N) is 1. The molecule has 0 fully saturated rings. The number of rotatable bonds is 7. The molecule has 0 spiro atoms. The molecule has 0 bridgehead atoms. The fourth-order valence-electron chi connectivity index (χ4n) is 2.52. The summed E-state index contributed by atoms with van der Waals surface area (Å²) in [7, 11) is 2.72. The topological polar surface area (TPSA) is 78.6 Å². The Kier molecular flexibility index (Phi) is 6.52. The second kappa shape index (κ2) is 8.61. The second-order valence-corrected chi connectivity index (χ2v) is 6.50. The Labute approximate surface area is 145 Å². The van der Waals surface area contributed by atoms with Crippen LogP contribution in [0.2, 0.25) is 0 Å². The van der Waals surface area contributed by atoms with E-state index in [2.05, 4.69) is 4.74 Å². The van der Waals surface area contributed by atoms with E-state index in [4.69, 9.17) is 10.5 Å². The molecule has 0 radical (unpaired) electrons. The minimum Gasteiger partial charge on any atom is -0.469 e. The molecule has 24 heavy (non-hydrogen) atoms. The highest BCUT2D eigenvalue weighted by molar-refractivity contribution is 7.09. The van der Waals surface area contributed by atoms with Crippen molar-refractivity contribution in [1.29, 1.82) is 0 Å². The fraction of sp³-hybridized carbons (Fsp3) is 0.333. The molecule has 1 heterocycles. The summed E-state index contributed by atoms with van der Waals surface area (Å²) in [5, 5.41) is 1.97. The van der Waals surface area contributed by atoms with Gasteiger partial charge in [0.15, 0.2) is 0 Å². The number of hydrogen-bond donors (Lipinski definition) is 1. The smallest absolute Gasteiger partial charge is 0.337 e. The number of carbonyl (C=O) groups excluding carboxylic acids is 2. The summed E-state index contributed by atoms with van der Waals surface area (Å²) in [6, 6.07) is 10.6. The Hall–Kier alpha value is -2.18. The van der Waals surface area contributed by atoms with Crippen LogP contribution < -0.4 is 5.73 Å². The Bertz CT molecular complexity index is 667. The van der Waals surface area contributed by atoms with E-state index in [-0.39, 0.29) is 18.0 Å². The number of benzene rings is 1. The third-order valence-electron chi connectivity index (χ3n) is 3.87. The van der Waals surface area contributed by atoms with E-state index >= 15 is 0 Å². The summed E-state index contributed by atoms with van der Waals surface area (Å²) in [5.74, 6) is -1.09. The van der Waals surface area contributed by atoms with Gasteiger partial charge in [0.25, 0.3) is 0 Å². The SMILES string of the molecule is COC(=O)c1ccc(CC(N)C(Cc2cccs2)C(=O)OC)cc1. The lowest BCUT2D eigenvalue weighted by Gasteiger charge is -2.21. The van der Waals surface area contributed by atoms with Crippen molar-refractivity contribution in [2.75, 3.05) is 14.2 Å². The number of hydrogen-bond acceptors (Lipinski definition) is 6. The van der Waals surface area contributed by atoms with Gasteiger partial charge in [-0.15, -0.1) is 11.3 Å². The van der Waals surface area contributed by atoms with Gasteiger partial charge in [0.05, 0.1) is 25.7 Å². The van der Waals surface area contributed by atoms with Gasteiger partial charge >= 0.3 is 11.9 Å². The normalized spacial score (nSPS) is 13.1. The first kappa shape index (κ1) is 18.2. The highest BCUT2D eigenvalue weighted by Gasteiger charge is 2.27. The monoisotopic (exact) mass is 347 g/mol. The molecule has 0 saturated carbocycles. The standard InChI is InChI=1S/C18H21NO4S/c1-22-17(20)13-7-5-12(6-8-13)10-16(19)15(18(21)23-2)11-14-4-3-9-24-14/h3-9,15-16H,10-11,19H2,1-2H3. The average molecular weight is 347 g/mol. The first-order valence-electron chi connectivity index (χ1n) is 7.58. The van der Waals surface area contributed by atoms with Crippen molar-refractivity contribution < 1.29 is 19.1 Å². The largest absolute Gasteiger partial charge is 0.469 e. The van der Waals surface area contributed by atoms with Crippen LogP contribution in [0.4, 0.5) is 0 Å². The Morgan fingerprint density at radius 3 is 2.33 bits per heavy atom. The van der Waals surface area contributed by atoms with Gasteiger partial charge in [0.1, 0.15) is 0 Å². The lowest BCUT2D eigenvalue weighted by Crippen LogP contribution is -2.39. The summed E-state index contributed by atoms with van der Waals surface area (Å²) in [6.45, 7) is 0. The summed E-state index contributed by atoms with van der Waals surface area (Å²) < 4.78 is 9.59. The number of ether oxygens (including phenoxy) is 2. The molecule has 0 saturated heterocycles. The molecule has 0 aliphatic heterocycles. The van der Waals surface area contributed by atoms with Crippen LogP contribution in [-0.2, 0) is 27.1 Å². The van der Waals surface area contributed by atoms with Gasteiger partial charge in [0, 0.05) is 10.9 Å². The van der Waals surface area contributed by atoms with Crippen LogP contribution in [0.1, 0.15) is 20.8 Å².